The van der Waals surface area contributed by atoms with Gasteiger partial charge in [0.15, 0.2) is 6.61 Å². The Balaban J connectivity index is 1.32. The number of fused-ring (bicyclic) bond motifs is 1. The molecule has 2 aliphatic heterocycles. The minimum absolute atomic E-state index is 0.0356. The minimum atomic E-state index is -0.519. The summed E-state index contributed by atoms with van der Waals surface area (Å²) >= 11 is 6.33. The summed E-state index contributed by atoms with van der Waals surface area (Å²) in [6, 6.07) is 13.5. The SMILES string of the molecule is CC1C=C(c2ccc(Cl)cc2C(=O)NCCCCCNC(=O)OC(C)(C)C)CC(C)N1CCN1C(=O)COc2ccccc21. The average molecular weight is 625 g/mol. The van der Waals surface area contributed by atoms with E-state index < -0.39 is 11.7 Å². The molecule has 44 heavy (non-hydrogen) atoms. The number of carbonyl (C=O) groups is 3. The molecule has 2 heterocycles. The summed E-state index contributed by atoms with van der Waals surface area (Å²) in [6.07, 6.45) is 5.01. The number of benzene rings is 2. The third kappa shape index (κ3) is 8.99. The molecule has 0 spiro atoms. The summed E-state index contributed by atoms with van der Waals surface area (Å²) in [7, 11) is 0. The normalized spacial score (nSPS) is 18.6. The Bertz CT molecular complexity index is 1370. The summed E-state index contributed by atoms with van der Waals surface area (Å²) < 4.78 is 10.8. The maximum atomic E-state index is 13.3. The van der Waals surface area contributed by atoms with Crippen molar-refractivity contribution in [1.29, 1.82) is 0 Å². The monoisotopic (exact) mass is 624 g/mol. The Morgan fingerprint density at radius 1 is 1.02 bits per heavy atom. The molecule has 0 aromatic heterocycles. The second kappa shape index (κ2) is 14.9. The van der Waals surface area contributed by atoms with E-state index in [4.69, 9.17) is 21.1 Å². The Kier molecular flexibility index (Phi) is 11.3. The van der Waals surface area contributed by atoms with Gasteiger partial charge in [0, 0.05) is 48.8 Å². The maximum Gasteiger partial charge on any atom is 0.407 e. The van der Waals surface area contributed by atoms with Gasteiger partial charge in [-0.2, -0.15) is 0 Å². The smallest absolute Gasteiger partial charge is 0.407 e. The van der Waals surface area contributed by atoms with E-state index in [0.717, 1.165) is 48.3 Å². The van der Waals surface area contributed by atoms with E-state index in [2.05, 4.69) is 35.5 Å². The molecule has 2 aromatic carbocycles. The lowest BCUT2D eigenvalue weighted by molar-refractivity contribution is -0.121. The fraction of sp³-hybridized carbons (Fsp3) is 0.500. The second-order valence-electron chi connectivity index (χ2n) is 12.5. The summed E-state index contributed by atoms with van der Waals surface area (Å²) in [4.78, 5) is 41.9. The summed E-state index contributed by atoms with van der Waals surface area (Å²) in [5.74, 6) is 0.548. The number of unbranched alkanes of at least 4 members (excludes halogenated alkanes) is 2. The van der Waals surface area contributed by atoms with E-state index >= 15 is 0 Å². The van der Waals surface area contributed by atoms with Crippen LogP contribution in [0, 0.1) is 0 Å². The summed E-state index contributed by atoms with van der Waals surface area (Å²) in [5, 5.41) is 6.32. The van der Waals surface area contributed by atoms with Crippen LogP contribution in [-0.2, 0) is 9.53 Å². The van der Waals surface area contributed by atoms with Crippen LogP contribution in [0.15, 0.2) is 48.5 Å². The predicted molar refractivity (Wildman–Crippen MR) is 174 cm³/mol. The number of nitrogens with zero attached hydrogens (tertiary/aromatic N) is 2. The van der Waals surface area contributed by atoms with Gasteiger partial charge < -0.3 is 25.0 Å². The van der Waals surface area contributed by atoms with Gasteiger partial charge >= 0.3 is 6.09 Å². The summed E-state index contributed by atoms with van der Waals surface area (Å²) in [5.41, 5.74) is 2.87. The molecule has 0 aliphatic carbocycles. The second-order valence-corrected chi connectivity index (χ2v) is 12.9. The van der Waals surface area contributed by atoms with Crippen LogP contribution in [0.3, 0.4) is 0 Å². The van der Waals surface area contributed by atoms with Gasteiger partial charge in [0.2, 0.25) is 0 Å². The Morgan fingerprint density at radius 2 is 1.75 bits per heavy atom. The molecule has 2 N–H and O–H groups in total. The molecule has 4 rings (SSSR count). The molecule has 2 unspecified atom stereocenters. The standard InChI is InChI=1S/C34H45ClN4O5/c1-23-19-25(20-24(2)38(23)17-18-39-29-11-7-8-12-30(29)43-22-31(39)40)27-14-13-26(35)21-28(27)32(41)36-15-9-6-10-16-37-33(42)44-34(3,4)5/h7-8,11-14,19,21,23-24H,6,9-10,15-18,20,22H2,1-5H3,(H,36,41)(H,37,42). The number of halogens is 1. The van der Waals surface area contributed by atoms with Crippen LogP contribution in [0.1, 0.15) is 76.2 Å². The van der Waals surface area contributed by atoms with Gasteiger partial charge in [0.05, 0.1) is 5.69 Å². The number of amides is 3. The van der Waals surface area contributed by atoms with Crippen molar-refractivity contribution in [3.63, 3.8) is 0 Å². The first-order chi connectivity index (χ1) is 20.9. The highest BCUT2D eigenvalue weighted by Crippen LogP contribution is 2.34. The molecular weight excluding hydrogens is 580 g/mol. The highest BCUT2D eigenvalue weighted by molar-refractivity contribution is 6.31. The van der Waals surface area contributed by atoms with Gasteiger partial charge in [0.1, 0.15) is 11.4 Å². The number of nitrogens with one attached hydrogen (secondary N) is 2. The Hall–Kier alpha value is -3.56. The lowest BCUT2D eigenvalue weighted by Gasteiger charge is -2.40. The first kappa shape index (κ1) is 33.3. The van der Waals surface area contributed by atoms with Crippen molar-refractivity contribution < 1.29 is 23.9 Å². The molecular formula is C34H45ClN4O5. The molecule has 9 nitrogen and oxygen atoms in total. The number of para-hydroxylation sites is 2. The van der Waals surface area contributed by atoms with Crippen molar-refractivity contribution in [2.45, 2.75) is 78.0 Å². The van der Waals surface area contributed by atoms with Gasteiger partial charge in [-0.3, -0.25) is 14.5 Å². The summed E-state index contributed by atoms with van der Waals surface area (Å²) in [6.45, 7) is 12.2. The number of anilines is 1. The largest absolute Gasteiger partial charge is 0.482 e. The third-order valence-corrected chi connectivity index (χ3v) is 8.05. The lowest BCUT2D eigenvalue weighted by atomic mass is 9.89. The van der Waals surface area contributed by atoms with E-state index in [1.54, 1.807) is 6.07 Å². The van der Waals surface area contributed by atoms with Crippen LogP contribution in [-0.4, -0.2) is 73.3 Å². The van der Waals surface area contributed by atoms with Crippen LogP contribution in [0.2, 0.25) is 5.02 Å². The topological polar surface area (TPSA) is 100 Å². The van der Waals surface area contributed by atoms with Crippen molar-refractivity contribution >= 4 is 40.8 Å². The van der Waals surface area contributed by atoms with Crippen molar-refractivity contribution in [3.05, 3.63) is 64.7 Å². The number of alkyl carbamates (subject to hydrolysis) is 1. The highest BCUT2D eigenvalue weighted by atomic mass is 35.5. The van der Waals surface area contributed by atoms with E-state index in [1.165, 1.54) is 0 Å². The molecule has 238 valence electrons. The van der Waals surface area contributed by atoms with Gasteiger partial charge in [-0.25, -0.2) is 4.79 Å². The molecule has 2 aromatic rings. The highest BCUT2D eigenvalue weighted by Gasteiger charge is 2.30. The molecule has 0 bridgehead atoms. The zero-order chi connectivity index (χ0) is 31.9. The lowest BCUT2D eigenvalue weighted by Crippen LogP contribution is -2.49. The number of hydrogen-bond donors (Lipinski definition) is 2. The van der Waals surface area contributed by atoms with Crippen molar-refractivity contribution in [1.82, 2.24) is 15.5 Å². The van der Waals surface area contributed by atoms with Crippen LogP contribution >= 0.6 is 11.6 Å². The van der Waals surface area contributed by atoms with Gasteiger partial charge in [0.25, 0.3) is 11.8 Å². The quantitative estimate of drug-likeness (QED) is 0.295. The van der Waals surface area contributed by atoms with Gasteiger partial charge in [-0.05, 0) is 95.7 Å². The average Bonchev–Trinajstić information content (AvgIpc) is 2.96. The third-order valence-electron chi connectivity index (χ3n) is 7.82. The number of ether oxygens (including phenoxy) is 2. The Morgan fingerprint density at radius 3 is 2.48 bits per heavy atom. The van der Waals surface area contributed by atoms with Gasteiger partial charge in [-0.15, -0.1) is 0 Å². The van der Waals surface area contributed by atoms with Crippen LogP contribution in [0.5, 0.6) is 5.75 Å². The fourth-order valence-corrected chi connectivity index (χ4v) is 5.92. The Labute approximate surface area is 265 Å². The van der Waals surface area contributed by atoms with E-state index in [0.29, 0.717) is 36.8 Å². The minimum Gasteiger partial charge on any atom is -0.482 e. The molecule has 2 atom stereocenters. The number of rotatable bonds is 11. The zero-order valence-corrected chi connectivity index (χ0v) is 27.2. The van der Waals surface area contributed by atoms with Crippen LogP contribution < -0.4 is 20.3 Å². The van der Waals surface area contributed by atoms with E-state index in [1.807, 2.05) is 62.1 Å². The molecule has 0 fully saturated rings. The first-order valence-electron chi connectivity index (χ1n) is 15.5. The first-order valence-corrected chi connectivity index (χ1v) is 15.8. The molecule has 10 heteroatoms. The predicted octanol–water partition coefficient (Wildman–Crippen LogP) is 6.06. The molecule has 0 saturated carbocycles. The van der Waals surface area contributed by atoms with Gasteiger partial charge in [-0.1, -0.05) is 35.9 Å². The van der Waals surface area contributed by atoms with Crippen molar-refractivity contribution in [2.24, 2.45) is 0 Å². The van der Waals surface area contributed by atoms with Crippen LogP contribution in [0.25, 0.3) is 5.57 Å². The number of hydrogen-bond acceptors (Lipinski definition) is 6. The number of carbonyl (C=O) groups excluding carboxylic acids is 3. The van der Waals surface area contributed by atoms with Crippen molar-refractivity contribution in [2.75, 3.05) is 37.7 Å². The van der Waals surface area contributed by atoms with E-state index in [-0.39, 0.29) is 30.5 Å². The molecule has 0 saturated heterocycles. The fourth-order valence-electron chi connectivity index (χ4n) is 5.74. The zero-order valence-electron chi connectivity index (χ0n) is 26.5. The maximum absolute atomic E-state index is 13.3. The molecule has 2 aliphatic rings. The molecule has 0 radical (unpaired) electrons. The molecule has 3 amide bonds. The van der Waals surface area contributed by atoms with Crippen LogP contribution in [0.4, 0.5) is 10.5 Å². The van der Waals surface area contributed by atoms with E-state index in [9.17, 15) is 14.4 Å². The van der Waals surface area contributed by atoms with Crippen molar-refractivity contribution in [3.8, 4) is 5.75 Å².